The summed E-state index contributed by atoms with van der Waals surface area (Å²) < 4.78 is 16.1. The van der Waals surface area contributed by atoms with E-state index >= 15 is 0 Å². The van der Waals surface area contributed by atoms with Gasteiger partial charge in [0.15, 0.2) is 11.6 Å². The Morgan fingerprint density at radius 3 is 2.15 bits per heavy atom. The van der Waals surface area contributed by atoms with Gasteiger partial charge < -0.3 is 45.9 Å². The van der Waals surface area contributed by atoms with Gasteiger partial charge in [-0.1, -0.05) is 33.7 Å². The Balaban J connectivity index is 1.07. The molecule has 0 spiro atoms. The number of Topliss-reactive ketones (excluding diaryl/α,β-unsaturated/α-hetero) is 2. The van der Waals surface area contributed by atoms with Crippen LogP contribution in [0.4, 0.5) is 5.69 Å². The van der Waals surface area contributed by atoms with Gasteiger partial charge in [0.1, 0.15) is 29.9 Å². The molecule has 22 nitrogen and oxygen atoms in total. The van der Waals surface area contributed by atoms with Gasteiger partial charge in [0, 0.05) is 76.1 Å². The minimum Gasteiger partial charge on any atom is -0.391 e. The van der Waals surface area contributed by atoms with Gasteiger partial charge in [-0.15, -0.1) is 11.8 Å². The van der Waals surface area contributed by atoms with Crippen LogP contribution in [0.15, 0.2) is 24.3 Å². The number of benzene rings is 1. The highest BCUT2D eigenvalue weighted by Gasteiger charge is 2.39. The van der Waals surface area contributed by atoms with Crippen LogP contribution < -0.4 is 26.6 Å². The fourth-order valence-electron chi connectivity index (χ4n) is 6.34. The van der Waals surface area contributed by atoms with Crippen molar-refractivity contribution in [2.75, 3.05) is 76.9 Å². The van der Waals surface area contributed by atoms with E-state index in [1.807, 2.05) is 0 Å². The summed E-state index contributed by atoms with van der Waals surface area (Å²) in [7, 11) is 3.02. The summed E-state index contributed by atoms with van der Waals surface area (Å²) in [6.07, 6.45) is -0.174. The van der Waals surface area contributed by atoms with E-state index in [1.54, 1.807) is 24.3 Å². The van der Waals surface area contributed by atoms with Crippen molar-refractivity contribution in [1.82, 2.24) is 31.1 Å². The number of hydrogen-bond acceptors (Lipinski definition) is 18. The van der Waals surface area contributed by atoms with Gasteiger partial charge in [0.2, 0.25) is 53.2 Å². The number of aliphatic hydroxyl groups is 1. The normalized spacial score (nSPS) is 16.9. The van der Waals surface area contributed by atoms with Crippen LogP contribution in [0, 0.1) is 0 Å². The minimum atomic E-state index is -1.39. The number of nitrogens with one attached hydrogen (secondary N) is 5. The maximum atomic E-state index is 13.1. The molecule has 9 amide bonds. The van der Waals surface area contributed by atoms with Crippen molar-refractivity contribution < 1.29 is 72.1 Å². The molecule has 3 saturated heterocycles. The van der Waals surface area contributed by atoms with E-state index < -0.39 is 72.6 Å². The monoisotopic (exact) mass is 995 g/mol. The minimum absolute atomic E-state index is 0.0113. The SMILES string of the molecule is CC(=O)[C@@H](NC(=O)C(CNC(=O)COCC(=O)Nc1ccc(CCC(=O)N2CCC2=O)cc1)NC(=O)CCOCCOCCNC(=O)CCN1C(=O)CC(SCCC(=O)C2SS2)C1=O)[C@@H](C)O. The zero-order valence-corrected chi connectivity index (χ0v) is 39.7. The highest BCUT2D eigenvalue weighted by molar-refractivity contribution is 8.93. The highest BCUT2D eigenvalue weighted by atomic mass is 33.2. The molecule has 1 aromatic rings. The van der Waals surface area contributed by atoms with E-state index in [4.69, 9.17) is 14.2 Å². The van der Waals surface area contributed by atoms with Crippen LogP contribution in [-0.2, 0) is 73.4 Å². The van der Waals surface area contributed by atoms with Gasteiger partial charge in [-0.25, -0.2) is 0 Å². The molecule has 0 bridgehead atoms. The summed E-state index contributed by atoms with van der Waals surface area (Å²) >= 11 is 1.29. The van der Waals surface area contributed by atoms with Crippen molar-refractivity contribution in [1.29, 1.82) is 0 Å². The number of anilines is 1. The predicted octanol–water partition coefficient (Wildman–Crippen LogP) is -1.14. The number of carbonyl (C=O) groups is 11. The smallest absolute Gasteiger partial charge is 0.250 e. The third kappa shape index (κ3) is 19.7. The van der Waals surface area contributed by atoms with Gasteiger partial charge in [-0.05, 0) is 38.0 Å². The number of ketones is 2. The van der Waals surface area contributed by atoms with E-state index in [1.165, 1.54) is 52.1 Å². The fraction of sp³-hybridized carbons (Fsp3) is 0.595. The molecule has 2 unspecified atom stereocenters. The van der Waals surface area contributed by atoms with Gasteiger partial charge in [0.05, 0.1) is 37.8 Å². The average Bonchev–Trinajstić information content (AvgIpc) is 4.10. The number of likely N-dealkylation sites (tertiary alicyclic amines) is 2. The summed E-state index contributed by atoms with van der Waals surface area (Å²) in [4.78, 5) is 138. The number of amides is 9. The third-order valence-electron chi connectivity index (χ3n) is 10.2. The van der Waals surface area contributed by atoms with Crippen LogP contribution in [-0.4, -0.2) is 179 Å². The second-order valence-electron chi connectivity index (χ2n) is 15.5. The van der Waals surface area contributed by atoms with Crippen molar-refractivity contribution in [2.45, 2.75) is 86.8 Å². The largest absolute Gasteiger partial charge is 0.391 e. The molecular formula is C42H57N7O15S3. The molecule has 4 rings (SSSR count). The maximum Gasteiger partial charge on any atom is 0.250 e. The molecular weight excluding hydrogens is 939 g/mol. The topological polar surface area (TPSA) is 302 Å². The van der Waals surface area contributed by atoms with Crippen molar-refractivity contribution in [2.24, 2.45) is 0 Å². The Morgan fingerprint density at radius 2 is 1.51 bits per heavy atom. The van der Waals surface area contributed by atoms with Crippen LogP contribution in [0.2, 0.25) is 0 Å². The number of hydrogen-bond donors (Lipinski definition) is 6. The lowest BCUT2D eigenvalue weighted by Gasteiger charge is -2.28. The zero-order chi connectivity index (χ0) is 48.9. The summed E-state index contributed by atoms with van der Waals surface area (Å²) in [6, 6.07) is 4.05. The first-order valence-electron chi connectivity index (χ1n) is 21.6. The number of imide groups is 2. The summed E-state index contributed by atoms with van der Waals surface area (Å²) in [5.74, 6) is -4.25. The molecule has 0 aliphatic carbocycles. The molecule has 25 heteroatoms. The predicted molar refractivity (Wildman–Crippen MR) is 245 cm³/mol. The third-order valence-corrected chi connectivity index (χ3v) is 13.4. The summed E-state index contributed by atoms with van der Waals surface area (Å²) in [6.45, 7) is 1.75. The van der Waals surface area contributed by atoms with Crippen molar-refractivity contribution in [3.63, 3.8) is 0 Å². The van der Waals surface area contributed by atoms with Crippen molar-refractivity contribution in [3.05, 3.63) is 29.8 Å². The van der Waals surface area contributed by atoms with Crippen molar-refractivity contribution >= 4 is 104 Å². The molecule has 0 radical (unpaired) electrons. The number of aliphatic hydroxyl groups excluding tert-OH is 1. The number of carbonyl (C=O) groups excluding carboxylic acids is 11. The molecule has 0 saturated carbocycles. The summed E-state index contributed by atoms with van der Waals surface area (Å²) in [5.41, 5.74) is 1.28. The van der Waals surface area contributed by atoms with E-state index in [2.05, 4.69) is 26.6 Å². The number of thioether (sulfide) groups is 1. The number of β-lactam (4-membered cyclic amide) rings is 1. The van der Waals surface area contributed by atoms with Gasteiger partial charge >= 0.3 is 0 Å². The van der Waals surface area contributed by atoms with Crippen LogP contribution in [0.25, 0.3) is 0 Å². The Labute approximate surface area is 399 Å². The molecule has 6 N–H and O–H groups in total. The van der Waals surface area contributed by atoms with Crippen LogP contribution in [0.1, 0.15) is 57.9 Å². The van der Waals surface area contributed by atoms with Crippen LogP contribution in [0.5, 0.6) is 0 Å². The van der Waals surface area contributed by atoms with E-state index in [-0.39, 0.29) is 105 Å². The van der Waals surface area contributed by atoms with Gasteiger partial charge in [0.25, 0.3) is 0 Å². The van der Waals surface area contributed by atoms with E-state index in [0.29, 0.717) is 37.2 Å². The summed E-state index contributed by atoms with van der Waals surface area (Å²) in [5, 5.41) is 22.0. The molecule has 3 fully saturated rings. The lowest BCUT2D eigenvalue weighted by molar-refractivity contribution is -0.152. The van der Waals surface area contributed by atoms with Crippen LogP contribution in [0.3, 0.4) is 0 Å². The molecule has 0 aromatic heterocycles. The lowest BCUT2D eigenvalue weighted by Crippen LogP contribution is -2.57. The quantitative estimate of drug-likeness (QED) is 0.0163. The molecule has 1 aromatic carbocycles. The lowest BCUT2D eigenvalue weighted by atomic mass is 10.1. The van der Waals surface area contributed by atoms with E-state index in [9.17, 15) is 57.8 Å². The molecule has 368 valence electrons. The maximum absolute atomic E-state index is 13.1. The van der Waals surface area contributed by atoms with Gasteiger partial charge in [-0.3, -0.25) is 62.5 Å². The number of aryl methyl sites for hydroxylation is 1. The Morgan fingerprint density at radius 1 is 0.806 bits per heavy atom. The first-order chi connectivity index (χ1) is 32.0. The first kappa shape index (κ1) is 54.7. The highest BCUT2D eigenvalue weighted by Crippen LogP contribution is 2.54. The molecule has 67 heavy (non-hydrogen) atoms. The molecule has 3 heterocycles. The number of rotatable bonds is 32. The number of nitrogens with zero attached hydrogens (tertiary/aromatic N) is 2. The van der Waals surface area contributed by atoms with Crippen LogP contribution >= 0.6 is 33.3 Å². The zero-order valence-electron chi connectivity index (χ0n) is 37.2. The molecule has 3 aliphatic rings. The second-order valence-corrected chi connectivity index (χ2v) is 19.5. The van der Waals surface area contributed by atoms with Crippen molar-refractivity contribution in [3.8, 4) is 0 Å². The fourth-order valence-corrected chi connectivity index (χ4v) is 8.79. The average molecular weight is 996 g/mol. The molecule has 3 aliphatic heterocycles. The van der Waals surface area contributed by atoms with Gasteiger partial charge in [-0.2, -0.15) is 0 Å². The first-order valence-corrected chi connectivity index (χ1v) is 24.9. The number of ether oxygens (including phenoxy) is 3. The molecule has 4 atom stereocenters. The Hall–Kier alpha value is -4.92. The standard InChI is InChI=1S/C42H57N7O15S3/c1-25(50)39(26(2)51)47-40(60)29(22-44-34(55)23-64-24-35(56)45-28-6-3-27(4-7-28)5-8-36(57)48-15-10-37(48)58)46-33(54)11-16-62-18-19-63-17-13-43-32(53)9-14-49-38(59)21-31(41(49)61)65-20-12-30(52)42-66-67-42/h3-4,6-7,25,29,31,39,42,50H,5,8-24H2,1-2H3,(H,43,53)(H,44,55)(H,45,56)(H,46,54)(H,47,60)/t25-,29?,31?,39+/m1/s1. The second kappa shape index (κ2) is 28.4. The Kier molecular flexibility index (Phi) is 23.2. The Bertz CT molecular complexity index is 1970. The van der Waals surface area contributed by atoms with E-state index in [0.717, 1.165) is 10.5 Å².